The van der Waals surface area contributed by atoms with Gasteiger partial charge < -0.3 is 0 Å². The van der Waals surface area contributed by atoms with Gasteiger partial charge >= 0.3 is 148 Å². The van der Waals surface area contributed by atoms with Crippen molar-refractivity contribution in [2.45, 2.75) is 0 Å². The molecule has 0 radical (unpaired) electrons. The first kappa shape index (κ1) is 33.5. The second-order valence-electron chi connectivity index (χ2n) is 2.53. The molecule has 1 aromatic carbocycles. The molecule has 0 atom stereocenters. The third kappa shape index (κ3) is 14.8. The van der Waals surface area contributed by atoms with Gasteiger partial charge in [-0.25, -0.2) is 0 Å². The molecule has 0 N–H and O–H groups in total. The molecule has 0 aliphatic rings. The van der Waals surface area contributed by atoms with Crippen molar-refractivity contribution in [2.24, 2.45) is 0 Å². The van der Waals surface area contributed by atoms with Crippen LogP contribution < -0.4 is 9.47 Å². The molecular formula is C15H12CrO8. The summed E-state index contributed by atoms with van der Waals surface area (Å²) in [6.07, 6.45) is 0. The predicted molar refractivity (Wildman–Crippen MR) is 70.3 cm³/mol. The Morgan fingerprint density at radius 2 is 1.21 bits per heavy atom. The van der Waals surface area contributed by atoms with E-state index in [1.54, 1.807) is 21.3 Å². The fraction of sp³-hybridized carbons (Fsp3) is 0.200. The Morgan fingerprint density at radius 1 is 0.792 bits per heavy atom. The monoisotopic (exact) mass is 372 g/mol. The van der Waals surface area contributed by atoms with Gasteiger partial charge in [-0.15, -0.1) is 0 Å². The fourth-order valence-electron chi connectivity index (χ4n) is 1.16. The summed E-state index contributed by atoms with van der Waals surface area (Å²) < 4.78 is 53.7. The minimum atomic E-state index is 0.672. The van der Waals surface area contributed by atoms with Crippen molar-refractivity contribution < 1.29 is 53.3 Å². The predicted octanol–water partition coefficient (Wildman–Crippen LogP) is 1.19. The molecular weight excluding hydrogens is 360 g/mol. The third-order valence-electron chi connectivity index (χ3n) is 1.81. The van der Waals surface area contributed by atoms with Gasteiger partial charge in [0.15, 0.2) is 0 Å². The van der Waals surface area contributed by atoms with Crippen LogP contribution in [0.2, 0.25) is 0 Å². The summed E-state index contributed by atoms with van der Waals surface area (Å²) in [7, 11) is 4.81. The molecule has 0 bridgehead atoms. The van der Waals surface area contributed by atoms with Gasteiger partial charge in [-0.1, -0.05) is 0 Å². The molecule has 0 aliphatic heterocycles. The van der Waals surface area contributed by atoms with Gasteiger partial charge in [-0.2, -0.15) is 0 Å². The van der Waals surface area contributed by atoms with Crippen molar-refractivity contribution in [3.8, 4) is 11.5 Å². The van der Waals surface area contributed by atoms with Crippen LogP contribution in [-0.2, 0) is 43.8 Å². The van der Waals surface area contributed by atoms with E-state index < -0.39 is 0 Å². The molecule has 0 saturated heterocycles. The molecule has 0 amide bonds. The average Bonchev–Trinajstić information content (AvgIpc) is 2.74. The summed E-state index contributed by atoms with van der Waals surface area (Å²) in [6.45, 7) is 22.5. The van der Waals surface area contributed by atoms with Crippen molar-refractivity contribution in [1.82, 2.24) is 0 Å². The summed E-state index contributed by atoms with van der Waals surface area (Å²) in [5.74, 6) is 1.36. The zero-order valence-corrected chi connectivity index (χ0v) is 14.2. The summed E-state index contributed by atoms with van der Waals surface area (Å²) in [4.78, 5) is 0. The molecule has 8 nitrogen and oxygen atoms in total. The topological polar surface area (TPSA) is 127 Å². The number of ether oxygens (including phenoxy) is 3. The molecule has 0 saturated carbocycles. The van der Waals surface area contributed by atoms with Crippen LogP contribution >= 0.6 is 0 Å². The van der Waals surface area contributed by atoms with Crippen LogP contribution in [0.15, 0.2) is 18.2 Å². The molecule has 0 unspecified atom stereocenters. The molecule has 0 heterocycles. The zero-order chi connectivity index (χ0) is 20.6. The van der Waals surface area contributed by atoms with Crippen LogP contribution in [0.25, 0.3) is 0 Å². The van der Waals surface area contributed by atoms with E-state index in [9.17, 15) is 0 Å². The Bertz CT molecular complexity index is 494. The van der Waals surface area contributed by atoms with Gasteiger partial charge in [0.1, 0.15) is 0 Å². The second kappa shape index (κ2) is 32.7. The number of rotatable bonds is 4. The molecule has 0 aromatic heterocycles. The Kier molecular flexibility index (Phi) is 45.7. The van der Waals surface area contributed by atoms with Crippen molar-refractivity contribution in [3.63, 3.8) is 0 Å². The maximum atomic E-state index is 7.50. The number of para-hydroxylation sites is 1. The Morgan fingerprint density at radius 3 is 1.50 bits per heavy atom. The van der Waals surface area contributed by atoms with E-state index in [1.807, 2.05) is 18.2 Å². The molecule has 1 aromatic rings. The Labute approximate surface area is 148 Å². The molecule has 0 spiro atoms. The number of benzene rings is 1. The zero-order valence-electron chi connectivity index (χ0n) is 12.9. The van der Waals surface area contributed by atoms with E-state index in [0.29, 0.717) is 16.1 Å². The van der Waals surface area contributed by atoms with Crippen molar-refractivity contribution in [1.29, 1.82) is 0 Å². The van der Waals surface area contributed by atoms with E-state index in [0.717, 1.165) is 5.56 Å². The first-order valence-electron chi connectivity index (χ1n) is 5.06. The van der Waals surface area contributed by atoms with Gasteiger partial charge in [-0.05, 0) is 0 Å². The SMILES string of the molecule is CO[C](=[Cr])c1cccc(OC)c1OC.[C-]#[O+].[C-]#[O+].[C-]#[O+].[C-]#[O+].[C-]#[O+]. The summed E-state index contributed by atoms with van der Waals surface area (Å²) >= 11 is 2.83. The van der Waals surface area contributed by atoms with Gasteiger partial charge in [-0.3, -0.25) is 0 Å². The van der Waals surface area contributed by atoms with Gasteiger partial charge in [0.05, 0.1) is 0 Å². The van der Waals surface area contributed by atoms with Crippen LogP contribution in [0.4, 0.5) is 0 Å². The van der Waals surface area contributed by atoms with E-state index in [2.05, 4.69) is 49.1 Å². The van der Waals surface area contributed by atoms with Crippen molar-refractivity contribution in [2.75, 3.05) is 21.3 Å². The van der Waals surface area contributed by atoms with E-state index in [-0.39, 0.29) is 0 Å². The average molecular weight is 372 g/mol. The quantitative estimate of drug-likeness (QED) is 0.582. The summed E-state index contributed by atoms with van der Waals surface area (Å²) in [6, 6.07) is 5.62. The van der Waals surface area contributed by atoms with E-state index in [1.165, 1.54) is 0 Å². The van der Waals surface area contributed by atoms with Crippen LogP contribution in [0, 0.1) is 33.3 Å². The molecule has 9 heteroatoms. The molecule has 24 heavy (non-hydrogen) atoms. The van der Waals surface area contributed by atoms with Crippen LogP contribution in [0.5, 0.6) is 11.5 Å². The van der Waals surface area contributed by atoms with Crippen molar-refractivity contribution in [3.05, 3.63) is 57.0 Å². The number of methoxy groups -OCH3 is 3. The van der Waals surface area contributed by atoms with Gasteiger partial charge in [0, 0.05) is 0 Å². The minimum absolute atomic E-state index is 0.672. The second-order valence-corrected chi connectivity index (χ2v) is 3.11. The van der Waals surface area contributed by atoms with E-state index >= 15 is 0 Å². The third-order valence-corrected chi connectivity index (χ3v) is 2.41. The number of hydrogen-bond acceptors (Lipinski definition) is 3. The molecule has 0 fully saturated rings. The Balaban J connectivity index is -0.000000103. The van der Waals surface area contributed by atoms with Gasteiger partial charge in [0.25, 0.3) is 0 Å². The van der Waals surface area contributed by atoms with Crippen LogP contribution in [0.3, 0.4) is 0 Å². The summed E-state index contributed by atoms with van der Waals surface area (Å²) in [5, 5.41) is 0. The van der Waals surface area contributed by atoms with Gasteiger partial charge in [0.2, 0.25) is 0 Å². The summed E-state index contributed by atoms with van der Waals surface area (Å²) in [5.41, 5.74) is 0.856. The Hall–Kier alpha value is -2.12. The first-order valence-corrected chi connectivity index (χ1v) is 5.69. The maximum absolute atomic E-state index is 7.50. The van der Waals surface area contributed by atoms with Crippen LogP contribution in [0.1, 0.15) is 5.56 Å². The standard InChI is InChI=1S/C10H12O3.5CO.Cr/c1-11-7-8-5-4-6-9(12-2)10(8)13-3;5*1-2;/h4-6H,1-3H3;;;;;;. The molecule has 1 rings (SSSR count). The van der Waals surface area contributed by atoms with E-state index in [4.69, 9.17) is 37.5 Å². The normalized spacial score (nSPS) is 6.04. The first-order chi connectivity index (χ1) is 11.7. The fourth-order valence-corrected chi connectivity index (χ4v) is 1.41. The molecule has 0 aliphatic carbocycles. The number of hydrogen-bond donors (Lipinski definition) is 0. The van der Waals surface area contributed by atoms with Crippen LogP contribution in [-0.4, -0.2) is 25.9 Å². The van der Waals surface area contributed by atoms with Crippen molar-refractivity contribution >= 4 is 4.57 Å². The molecule has 126 valence electrons.